The van der Waals surface area contributed by atoms with Crippen LogP contribution in [0.3, 0.4) is 0 Å². The zero-order valence-electron chi connectivity index (χ0n) is 34.5. The molecule has 0 amide bonds. The van der Waals surface area contributed by atoms with Crippen LogP contribution in [0.25, 0.3) is 11.1 Å². The molecular formula is C51H60N2S. The second kappa shape index (κ2) is 15.7. The van der Waals surface area contributed by atoms with Gasteiger partial charge in [0.25, 0.3) is 0 Å². The number of anilines is 4. The molecule has 2 unspecified atom stereocenters. The molecule has 0 saturated heterocycles. The number of fused-ring (bicyclic) bond motifs is 1. The summed E-state index contributed by atoms with van der Waals surface area (Å²) in [6, 6.07) is 32.0. The van der Waals surface area contributed by atoms with Crippen molar-refractivity contribution in [3.05, 3.63) is 166 Å². The van der Waals surface area contributed by atoms with Crippen LogP contribution in [0.15, 0.2) is 144 Å². The number of hydrogen-bond acceptors (Lipinski definition) is 3. The minimum Gasteiger partial charge on any atom is -0.312 e. The van der Waals surface area contributed by atoms with E-state index in [1.807, 2.05) is 11.8 Å². The zero-order valence-corrected chi connectivity index (χ0v) is 35.4. The van der Waals surface area contributed by atoms with E-state index in [1.165, 1.54) is 66.6 Å². The van der Waals surface area contributed by atoms with Gasteiger partial charge in [-0.2, -0.15) is 0 Å². The molecule has 0 bridgehead atoms. The summed E-state index contributed by atoms with van der Waals surface area (Å²) in [4.78, 5) is 6.40. The summed E-state index contributed by atoms with van der Waals surface area (Å²) in [5, 5.41) is 0.389. The van der Waals surface area contributed by atoms with Gasteiger partial charge in [-0.3, -0.25) is 0 Å². The second-order valence-corrected chi connectivity index (χ2v) is 18.5. The van der Waals surface area contributed by atoms with Gasteiger partial charge in [0.05, 0.1) is 17.1 Å². The lowest BCUT2D eigenvalue weighted by Gasteiger charge is -2.37. The van der Waals surface area contributed by atoms with E-state index in [4.69, 9.17) is 6.58 Å². The van der Waals surface area contributed by atoms with Crippen LogP contribution in [0.1, 0.15) is 97.9 Å². The van der Waals surface area contributed by atoms with Crippen molar-refractivity contribution < 1.29 is 0 Å². The Balaban J connectivity index is 1.65. The Bertz CT molecular complexity index is 2130. The van der Waals surface area contributed by atoms with E-state index in [9.17, 15) is 0 Å². The van der Waals surface area contributed by atoms with Gasteiger partial charge in [0.1, 0.15) is 0 Å². The Morgan fingerprint density at radius 1 is 0.778 bits per heavy atom. The molecule has 1 heterocycles. The minimum atomic E-state index is 0.00395. The summed E-state index contributed by atoms with van der Waals surface area (Å²) in [5.74, 6) is 0.282. The van der Waals surface area contributed by atoms with Crippen molar-refractivity contribution in [1.29, 1.82) is 0 Å². The van der Waals surface area contributed by atoms with Gasteiger partial charge in [0.15, 0.2) is 0 Å². The third kappa shape index (κ3) is 7.98. The van der Waals surface area contributed by atoms with Crippen LogP contribution < -0.4 is 9.80 Å². The van der Waals surface area contributed by atoms with Crippen LogP contribution in [-0.4, -0.2) is 5.25 Å². The fourth-order valence-electron chi connectivity index (χ4n) is 7.82. The van der Waals surface area contributed by atoms with Gasteiger partial charge >= 0.3 is 0 Å². The number of benzene rings is 4. The van der Waals surface area contributed by atoms with Crippen LogP contribution >= 0.6 is 11.8 Å². The Morgan fingerprint density at radius 3 is 2.06 bits per heavy atom. The average Bonchev–Trinajstić information content (AvgIpc) is 3.45. The molecule has 6 rings (SSSR count). The summed E-state index contributed by atoms with van der Waals surface area (Å²) in [6.07, 6.45) is 13.4. The van der Waals surface area contributed by atoms with Gasteiger partial charge in [-0.1, -0.05) is 140 Å². The molecule has 1 aliphatic carbocycles. The van der Waals surface area contributed by atoms with E-state index in [0.29, 0.717) is 5.25 Å². The molecule has 0 saturated carbocycles. The zero-order chi connectivity index (χ0) is 38.9. The van der Waals surface area contributed by atoms with Crippen LogP contribution in [0, 0.1) is 12.8 Å². The van der Waals surface area contributed by atoms with E-state index >= 15 is 0 Å². The molecule has 0 N–H and O–H groups in total. The number of hydrogen-bond donors (Lipinski definition) is 0. The lowest BCUT2D eigenvalue weighted by molar-refractivity contribution is 0.590. The molecule has 0 spiro atoms. The fraction of sp³-hybridized carbons (Fsp3) is 0.333. The standard InChI is InChI=1S/C51H60N2S/c1-13-15-19-36(5)52(45-28-25-40(51(10,11)12)33-43(45)38-20-17-16-18-21-38)46-31-35(4)32-47(42(46)14-2)53(41-26-23-39(24-27-41)50(7,8)9)49-37(6)54-48-29-22-34(3)30-44(48)49/h15-33,44,48H,5,13-14H2,1-4,6-12H3/b19-15-. The molecular weight excluding hydrogens is 673 g/mol. The maximum atomic E-state index is 4.77. The number of thioether (sulfide) groups is 1. The van der Waals surface area contributed by atoms with Gasteiger partial charge in [-0.15, -0.1) is 11.8 Å². The predicted octanol–water partition coefficient (Wildman–Crippen LogP) is 15.1. The average molecular weight is 733 g/mol. The highest BCUT2D eigenvalue weighted by Gasteiger charge is 2.38. The van der Waals surface area contributed by atoms with E-state index in [0.717, 1.165) is 24.2 Å². The lowest BCUT2D eigenvalue weighted by atomic mass is 9.84. The van der Waals surface area contributed by atoms with Gasteiger partial charge in [0.2, 0.25) is 0 Å². The molecule has 54 heavy (non-hydrogen) atoms. The lowest BCUT2D eigenvalue weighted by Crippen LogP contribution is -2.27. The number of allylic oxidation sites excluding steroid dienone is 6. The Labute approximate surface area is 331 Å². The molecule has 4 aromatic rings. The Kier molecular flexibility index (Phi) is 11.4. The second-order valence-electron chi connectivity index (χ2n) is 17.1. The third-order valence-electron chi connectivity index (χ3n) is 10.8. The highest BCUT2D eigenvalue weighted by Crippen LogP contribution is 2.52. The normalized spacial score (nSPS) is 17.2. The van der Waals surface area contributed by atoms with Crippen molar-refractivity contribution in [3.63, 3.8) is 0 Å². The largest absolute Gasteiger partial charge is 0.312 e. The van der Waals surface area contributed by atoms with Crippen molar-refractivity contribution >= 4 is 34.5 Å². The molecule has 1 aliphatic heterocycles. The molecule has 2 nitrogen and oxygen atoms in total. The predicted molar refractivity (Wildman–Crippen MR) is 240 cm³/mol. The van der Waals surface area contributed by atoms with Gasteiger partial charge in [-0.25, -0.2) is 0 Å². The molecule has 3 heteroatoms. The number of nitrogens with zero attached hydrogens (tertiary/aromatic N) is 2. The van der Waals surface area contributed by atoms with Gasteiger partial charge in [0, 0.05) is 38.7 Å². The Hall–Kier alpha value is -4.47. The van der Waals surface area contributed by atoms with Gasteiger partial charge in [-0.05, 0) is 115 Å². The fourth-order valence-corrected chi connectivity index (χ4v) is 9.09. The summed E-state index contributed by atoms with van der Waals surface area (Å²) in [5.41, 5.74) is 16.0. The smallest absolute Gasteiger partial charge is 0.0540 e. The first-order valence-corrected chi connectivity index (χ1v) is 20.6. The quantitative estimate of drug-likeness (QED) is 0.150. The first-order chi connectivity index (χ1) is 25.6. The SMILES string of the molecule is C=C(/C=C\CC)N(c1ccc(C(C)(C)C)cc1-c1ccccc1)c1cc(C)cc(N(C2=C(C)SC3C=CC(C)=CC23)c2ccc(C(C)(C)C)cc2)c1CC. The number of aryl methyl sites for hydroxylation is 1. The molecule has 2 atom stereocenters. The highest BCUT2D eigenvalue weighted by atomic mass is 32.2. The van der Waals surface area contributed by atoms with Crippen LogP contribution in [0.5, 0.6) is 0 Å². The van der Waals surface area contributed by atoms with E-state index in [1.54, 1.807) is 0 Å². The molecule has 280 valence electrons. The monoisotopic (exact) mass is 732 g/mol. The first kappa shape index (κ1) is 39.2. The number of rotatable bonds is 10. The summed E-state index contributed by atoms with van der Waals surface area (Å²) in [6.45, 7) is 29.8. The van der Waals surface area contributed by atoms with E-state index in [-0.39, 0.29) is 16.7 Å². The first-order valence-electron chi connectivity index (χ1n) is 19.8. The van der Waals surface area contributed by atoms with Crippen LogP contribution in [0.2, 0.25) is 0 Å². The summed E-state index contributed by atoms with van der Waals surface area (Å²) >= 11 is 2.00. The molecule has 2 aliphatic rings. The summed E-state index contributed by atoms with van der Waals surface area (Å²) < 4.78 is 0. The Morgan fingerprint density at radius 2 is 1.43 bits per heavy atom. The van der Waals surface area contributed by atoms with Crippen LogP contribution in [0.4, 0.5) is 22.7 Å². The van der Waals surface area contributed by atoms with Crippen LogP contribution in [-0.2, 0) is 17.3 Å². The highest BCUT2D eigenvalue weighted by molar-refractivity contribution is 8.04. The van der Waals surface area contributed by atoms with Gasteiger partial charge < -0.3 is 9.80 Å². The molecule has 0 radical (unpaired) electrons. The molecule has 0 aromatic heterocycles. The summed E-state index contributed by atoms with van der Waals surface area (Å²) in [7, 11) is 0. The third-order valence-corrected chi connectivity index (χ3v) is 12.1. The van der Waals surface area contributed by atoms with Crippen molar-refractivity contribution in [3.8, 4) is 11.1 Å². The van der Waals surface area contributed by atoms with E-state index in [2.05, 4.69) is 201 Å². The van der Waals surface area contributed by atoms with Crippen molar-refractivity contribution in [2.45, 2.75) is 105 Å². The maximum Gasteiger partial charge on any atom is 0.0540 e. The molecule has 4 aromatic carbocycles. The van der Waals surface area contributed by atoms with E-state index < -0.39 is 0 Å². The minimum absolute atomic E-state index is 0.00395. The van der Waals surface area contributed by atoms with Crippen molar-refractivity contribution in [2.75, 3.05) is 9.80 Å². The molecule has 0 fully saturated rings. The van der Waals surface area contributed by atoms with Crippen molar-refractivity contribution in [1.82, 2.24) is 0 Å². The maximum absolute atomic E-state index is 4.77. The van der Waals surface area contributed by atoms with Crippen molar-refractivity contribution in [2.24, 2.45) is 5.92 Å². The topological polar surface area (TPSA) is 6.48 Å².